The minimum Gasteiger partial charge on any atom is -0.394 e. The summed E-state index contributed by atoms with van der Waals surface area (Å²) in [5, 5.41) is 17.9. The van der Waals surface area contributed by atoms with Gasteiger partial charge in [0.25, 0.3) is 0 Å². The molecule has 0 bridgehead atoms. The van der Waals surface area contributed by atoms with Crippen LogP contribution in [-0.2, 0) is 0 Å². The van der Waals surface area contributed by atoms with Crippen LogP contribution < -0.4 is 0 Å². The van der Waals surface area contributed by atoms with Crippen LogP contribution in [0.4, 0.5) is 0 Å². The second kappa shape index (κ2) is 15.7. The van der Waals surface area contributed by atoms with Gasteiger partial charge in [-0.1, -0.05) is 77.6 Å². The minimum atomic E-state index is -0.595. The van der Waals surface area contributed by atoms with Crippen molar-refractivity contribution in [3.63, 3.8) is 0 Å². The molecule has 1 fully saturated rings. The lowest BCUT2D eigenvalue weighted by atomic mass is 10.0. The quantitative estimate of drug-likeness (QED) is 0.271. The summed E-state index contributed by atoms with van der Waals surface area (Å²) >= 11 is 0. The Bertz CT molecular complexity index is 355. The van der Waals surface area contributed by atoms with Crippen molar-refractivity contribution in [2.24, 2.45) is 11.8 Å². The van der Waals surface area contributed by atoms with Crippen molar-refractivity contribution in [2.75, 3.05) is 6.61 Å². The van der Waals surface area contributed by atoms with E-state index in [-0.39, 0.29) is 6.61 Å². The fourth-order valence-corrected chi connectivity index (χ4v) is 3.68. The molecule has 0 radical (unpaired) electrons. The molecular weight excluding hydrogens is 308 g/mol. The third kappa shape index (κ3) is 13.4. The van der Waals surface area contributed by atoms with Gasteiger partial charge in [0.15, 0.2) is 0 Å². The summed E-state index contributed by atoms with van der Waals surface area (Å²) in [6.45, 7) is 2.13. The summed E-state index contributed by atoms with van der Waals surface area (Å²) in [5.41, 5.74) is 0. The van der Waals surface area contributed by atoms with Gasteiger partial charge in [-0.15, -0.1) is 11.8 Å². The molecule has 1 aliphatic carbocycles. The van der Waals surface area contributed by atoms with Crippen LogP contribution in [0.15, 0.2) is 0 Å². The highest BCUT2D eigenvalue weighted by Gasteiger charge is 2.34. The summed E-state index contributed by atoms with van der Waals surface area (Å²) in [6, 6.07) is 0. The van der Waals surface area contributed by atoms with E-state index in [1.54, 1.807) is 0 Å². The Morgan fingerprint density at radius 2 is 1.36 bits per heavy atom. The van der Waals surface area contributed by atoms with Crippen LogP contribution in [0.3, 0.4) is 0 Å². The van der Waals surface area contributed by atoms with Gasteiger partial charge in [0.1, 0.15) is 0 Å². The molecule has 0 aliphatic heterocycles. The van der Waals surface area contributed by atoms with Crippen LogP contribution in [0, 0.1) is 23.7 Å². The standard InChI is InChI=1S/C23H42O2/c1-2-3-4-5-6-7-10-13-16-21-19-22(21)17-14-11-8-9-12-15-18-23(25)20-24/h21-25H,2-8,10-11,13-20H2,1H3/t21-,22+,23+/m0/s1. The second-order valence-corrected chi connectivity index (χ2v) is 7.99. The molecule has 0 unspecified atom stereocenters. The van der Waals surface area contributed by atoms with Gasteiger partial charge in [-0.2, -0.15) is 0 Å². The number of aliphatic hydroxyl groups excluding tert-OH is 2. The van der Waals surface area contributed by atoms with Crippen LogP contribution in [0.5, 0.6) is 0 Å². The van der Waals surface area contributed by atoms with Gasteiger partial charge in [0.2, 0.25) is 0 Å². The Morgan fingerprint density at radius 3 is 2.00 bits per heavy atom. The summed E-state index contributed by atoms with van der Waals surface area (Å²) in [5.74, 6) is 8.36. The monoisotopic (exact) mass is 350 g/mol. The third-order valence-electron chi connectivity index (χ3n) is 5.56. The highest BCUT2D eigenvalue weighted by Crippen LogP contribution is 2.45. The lowest BCUT2D eigenvalue weighted by Crippen LogP contribution is -2.10. The average molecular weight is 351 g/mol. The van der Waals surface area contributed by atoms with Gasteiger partial charge >= 0.3 is 0 Å². The maximum atomic E-state index is 9.21. The molecule has 0 aromatic heterocycles. The topological polar surface area (TPSA) is 40.5 Å². The van der Waals surface area contributed by atoms with Gasteiger partial charge in [0, 0.05) is 12.8 Å². The molecule has 0 aromatic carbocycles. The van der Waals surface area contributed by atoms with E-state index >= 15 is 0 Å². The van der Waals surface area contributed by atoms with E-state index in [0.717, 1.165) is 18.3 Å². The van der Waals surface area contributed by atoms with Crippen molar-refractivity contribution in [3.05, 3.63) is 0 Å². The van der Waals surface area contributed by atoms with Crippen molar-refractivity contribution in [2.45, 2.75) is 116 Å². The first-order valence-corrected chi connectivity index (χ1v) is 11.0. The number of hydrogen-bond donors (Lipinski definition) is 2. The van der Waals surface area contributed by atoms with Crippen LogP contribution in [0.2, 0.25) is 0 Å². The highest BCUT2D eigenvalue weighted by molar-refractivity contribution is 4.99. The zero-order chi connectivity index (χ0) is 18.2. The molecule has 2 nitrogen and oxygen atoms in total. The van der Waals surface area contributed by atoms with E-state index in [4.69, 9.17) is 5.11 Å². The van der Waals surface area contributed by atoms with Crippen LogP contribution in [0.1, 0.15) is 110 Å². The zero-order valence-corrected chi connectivity index (χ0v) is 16.6. The van der Waals surface area contributed by atoms with Crippen molar-refractivity contribution >= 4 is 0 Å². The molecule has 3 atom stereocenters. The Kier molecular flexibility index (Phi) is 14.2. The van der Waals surface area contributed by atoms with Gasteiger partial charge in [-0.05, 0) is 31.1 Å². The average Bonchev–Trinajstić information content (AvgIpc) is 3.37. The Labute approximate surface area is 156 Å². The van der Waals surface area contributed by atoms with E-state index in [0.29, 0.717) is 12.8 Å². The largest absolute Gasteiger partial charge is 0.394 e. The molecule has 1 aliphatic rings. The van der Waals surface area contributed by atoms with E-state index in [1.165, 1.54) is 83.5 Å². The SMILES string of the molecule is CCCCCCCCCC[C@H]1C[C@H]1CCCCC#CCC[C@@H](O)CO. The summed E-state index contributed by atoms with van der Waals surface area (Å²) in [7, 11) is 0. The maximum absolute atomic E-state index is 9.21. The third-order valence-corrected chi connectivity index (χ3v) is 5.56. The predicted molar refractivity (Wildman–Crippen MR) is 107 cm³/mol. The molecule has 25 heavy (non-hydrogen) atoms. The van der Waals surface area contributed by atoms with E-state index in [9.17, 15) is 5.11 Å². The number of unbranched alkanes of at least 4 members (excludes halogenated alkanes) is 9. The van der Waals surface area contributed by atoms with Gasteiger partial charge in [-0.3, -0.25) is 0 Å². The molecule has 0 saturated heterocycles. The molecule has 1 rings (SSSR count). The summed E-state index contributed by atoms with van der Waals surface area (Å²) in [6.07, 6.45) is 20.1. The first kappa shape index (κ1) is 22.5. The van der Waals surface area contributed by atoms with E-state index < -0.39 is 6.10 Å². The first-order valence-electron chi connectivity index (χ1n) is 11.0. The highest BCUT2D eigenvalue weighted by atomic mass is 16.3. The van der Waals surface area contributed by atoms with Crippen molar-refractivity contribution in [3.8, 4) is 11.8 Å². The fraction of sp³-hybridized carbons (Fsp3) is 0.913. The first-order chi connectivity index (χ1) is 12.3. The minimum absolute atomic E-state index is 0.150. The Balaban J connectivity index is 1.80. The number of hydrogen-bond acceptors (Lipinski definition) is 2. The molecule has 2 N–H and O–H groups in total. The lowest BCUT2D eigenvalue weighted by Gasteiger charge is -2.02. The molecule has 0 aromatic rings. The molecule has 146 valence electrons. The van der Waals surface area contributed by atoms with E-state index in [2.05, 4.69) is 18.8 Å². The maximum Gasteiger partial charge on any atom is 0.0780 e. The van der Waals surface area contributed by atoms with Crippen molar-refractivity contribution in [1.29, 1.82) is 0 Å². The van der Waals surface area contributed by atoms with Crippen molar-refractivity contribution in [1.82, 2.24) is 0 Å². The molecule has 1 saturated carbocycles. The Morgan fingerprint density at radius 1 is 0.800 bits per heavy atom. The molecular formula is C23H42O2. The van der Waals surface area contributed by atoms with Gasteiger partial charge in [-0.25, -0.2) is 0 Å². The molecule has 0 amide bonds. The van der Waals surface area contributed by atoms with Gasteiger partial charge in [0.05, 0.1) is 12.7 Å². The van der Waals surface area contributed by atoms with Crippen molar-refractivity contribution < 1.29 is 10.2 Å². The Hall–Kier alpha value is -0.520. The lowest BCUT2D eigenvalue weighted by molar-refractivity contribution is 0.0895. The molecule has 0 spiro atoms. The predicted octanol–water partition coefficient (Wildman–Crippen LogP) is 5.85. The second-order valence-electron chi connectivity index (χ2n) is 7.99. The van der Waals surface area contributed by atoms with E-state index in [1.807, 2.05) is 0 Å². The molecule has 2 heteroatoms. The smallest absolute Gasteiger partial charge is 0.0780 e. The normalized spacial score (nSPS) is 20.1. The molecule has 0 heterocycles. The zero-order valence-electron chi connectivity index (χ0n) is 16.6. The summed E-state index contributed by atoms with van der Waals surface area (Å²) < 4.78 is 0. The van der Waals surface area contributed by atoms with Crippen LogP contribution in [0.25, 0.3) is 0 Å². The van der Waals surface area contributed by atoms with Crippen LogP contribution in [-0.4, -0.2) is 22.9 Å². The summed E-state index contributed by atoms with van der Waals surface area (Å²) in [4.78, 5) is 0. The number of aliphatic hydroxyl groups is 2. The van der Waals surface area contributed by atoms with Gasteiger partial charge < -0.3 is 10.2 Å². The number of rotatable bonds is 16. The van der Waals surface area contributed by atoms with Crippen LogP contribution >= 0.6 is 0 Å². The fourth-order valence-electron chi connectivity index (χ4n) is 3.68.